The summed E-state index contributed by atoms with van der Waals surface area (Å²) in [4.78, 5) is 1.32. The summed E-state index contributed by atoms with van der Waals surface area (Å²) in [6.45, 7) is 4.12. The van der Waals surface area contributed by atoms with Crippen LogP contribution in [-0.4, -0.2) is 26.4 Å². The van der Waals surface area contributed by atoms with Gasteiger partial charge >= 0.3 is 0 Å². The molecule has 3 heteroatoms. The molecule has 0 saturated carbocycles. The Morgan fingerprint density at radius 2 is 1.93 bits per heavy atom. The molecule has 0 aliphatic heterocycles. The van der Waals surface area contributed by atoms with Crippen molar-refractivity contribution in [2.24, 2.45) is 0 Å². The molecule has 0 aromatic heterocycles. The Balaban J connectivity index is 2.65. The van der Waals surface area contributed by atoms with Crippen molar-refractivity contribution >= 4 is 11.8 Å². The molecule has 1 aromatic rings. The highest BCUT2D eigenvalue weighted by Crippen LogP contribution is 2.18. The zero-order chi connectivity index (χ0) is 11.1. The molecule has 84 valence electrons. The number of rotatable bonds is 6. The standard InChI is InChI=1S/C12H20N2S/c1-4-14-9-12(13-2)10-5-7-11(15-3)8-6-10/h5-8,12-14H,4,9H2,1-3H3. The third kappa shape index (κ3) is 3.86. The van der Waals surface area contributed by atoms with Gasteiger partial charge in [0.05, 0.1) is 0 Å². The van der Waals surface area contributed by atoms with E-state index in [2.05, 4.69) is 48.1 Å². The van der Waals surface area contributed by atoms with E-state index in [0.717, 1.165) is 13.1 Å². The van der Waals surface area contributed by atoms with E-state index in [1.165, 1.54) is 10.5 Å². The summed E-state index contributed by atoms with van der Waals surface area (Å²) in [7, 11) is 2.00. The molecular weight excluding hydrogens is 204 g/mol. The highest BCUT2D eigenvalue weighted by Gasteiger charge is 2.07. The van der Waals surface area contributed by atoms with Gasteiger partial charge in [0.1, 0.15) is 0 Å². The Kier molecular flexibility index (Phi) is 5.76. The molecule has 2 nitrogen and oxygen atoms in total. The van der Waals surface area contributed by atoms with Gasteiger partial charge in [-0.2, -0.15) is 0 Å². The zero-order valence-corrected chi connectivity index (χ0v) is 10.5. The average Bonchev–Trinajstić information content (AvgIpc) is 2.31. The first-order chi connectivity index (χ1) is 7.31. The van der Waals surface area contributed by atoms with Crippen LogP contribution in [0.15, 0.2) is 29.2 Å². The number of hydrogen-bond acceptors (Lipinski definition) is 3. The maximum absolute atomic E-state index is 3.36. The van der Waals surface area contributed by atoms with Gasteiger partial charge in [0.2, 0.25) is 0 Å². The number of nitrogens with one attached hydrogen (secondary N) is 2. The van der Waals surface area contributed by atoms with Crippen LogP contribution in [0.1, 0.15) is 18.5 Å². The van der Waals surface area contributed by atoms with Gasteiger partial charge in [0.25, 0.3) is 0 Å². The molecule has 0 bridgehead atoms. The maximum Gasteiger partial charge on any atom is 0.0444 e. The van der Waals surface area contributed by atoms with Gasteiger partial charge in [0.15, 0.2) is 0 Å². The maximum atomic E-state index is 3.36. The van der Waals surface area contributed by atoms with Crippen LogP contribution >= 0.6 is 11.8 Å². The minimum atomic E-state index is 0.404. The van der Waals surface area contributed by atoms with E-state index in [9.17, 15) is 0 Å². The fourth-order valence-electron chi connectivity index (χ4n) is 1.51. The topological polar surface area (TPSA) is 24.1 Å². The summed E-state index contributed by atoms with van der Waals surface area (Å²) >= 11 is 1.78. The molecule has 0 aliphatic rings. The second-order valence-electron chi connectivity index (χ2n) is 3.42. The summed E-state index contributed by atoms with van der Waals surface area (Å²) in [5.41, 5.74) is 1.34. The van der Waals surface area contributed by atoms with Gasteiger partial charge in [0, 0.05) is 17.5 Å². The van der Waals surface area contributed by atoms with E-state index in [-0.39, 0.29) is 0 Å². The Labute approximate surface area is 96.8 Å². The molecule has 0 saturated heterocycles. The van der Waals surface area contributed by atoms with Crippen LogP contribution in [0.5, 0.6) is 0 Å². The lowest BCUT2D eigenvalue weighted by molar-refractivity contribution is 0.538. The normalized spacial score (nSPS) is 12.7. The zero-order valence-electron chi connectivity index (χ0n) is 9.71. The second-order valence-corrected chi connectivity index (χ2v) is 4.30. The molecule has 1 atom stereocenters. The molecule has 1 unspecified atom stereocenters. The van der Waals surface area contributed by atoms with Crippen LogP contribution in [0.4, 0.5) is 0 Å². The summed E-state index contributed by atoms with van der Waals surface area (Å²) in [6.07, 6.45) is 2.10. The number of likely N-dealkylation sites (N-methyl/N-ethyl adjacent to an activating group) is 2. The lowest BCUT2D eigenvalue weighted by atomic mass is 10.1. The monoisotopic (exact) mass is 224 g/mol. The first kappa shape index (κ1) is 12.6. The van der Waals surface area contributed by atoms with Gasteiger partial charge < -0.3 is 10.6 Å². The van der Waals surface area contributed by atoms with Gasteiger partial charge in [-0.1, -0.05) is 19.1 Å². The molecule has 1 aromatic carbocycles. The van der Waals surface area contributed by atoms with E-state index in [1.807, 2.05) is 7.05 Å². The van der Waals surface area contributed by atoms with Crippen molar-refractivity contribution < 1.29 is 0 Å². The molecule has 2 N–H and O–H groups in total. The molecule has 1 rings (SSSR count). The molecule has 0 spiro atoms. The molecule has 0 amide bonds. The van der Waals surface area contributed by atoms with Gasteiger partial charge in [-0.05, 0) is 37.5 Å². The first-order valence-corrected chi connectivity index (χ1v) is 6.56. The van der Waals surface area contributed by atoms with Gasteiger partial charge in [-0.15, -0.1) is 11.8 Å². The largest absolute Gasteiger partial charge is 0.315 e. The molecule has 0 fully saturated rings. The van der Waals surface area contributed by atoms with Crippen molar-refractivity contribution in [2.75, 3.05) is 26.4 Å². The quantitative estimate of drug-likeness (QED) is 0.725. The van der Waals surface area contributed by atoms with Crippen LogP contribution in [0.25, 0.3) is 0 Å². The summed E-state index contributed by atoms with van der Waals surface area (Å²) in [5, 5.41) is 6.68. The number of benzene rings is 1. The summed E-state index contributed by atoms with van der Waals surface area (Å²) < 4.78 is 0. The molecule has 15 heavy (non-hydrogen) atoms. The van der Waals surface area contributed by atoms with Crippen LogP contribution in [0.3, 0.4) is 0 Å². The van der Waals surface area contributed by atoms with Crippen molar-refractivity contribution in [3.05, 3.63) is 29.8 Å². The van der Waals surface area contributed by atoms with Crippen molar-refractivity contribution in [1.29, 1.82) is 0 Å². The fourth-order valence-corrected chi connectivity index (χ4v) is 1.92. The third-order valence-corrected chi connectivity index (χ3v) is 3.21. The minimum absolute atomic E-state index is 0.404. The van der Waals surface area contributed by atoms with E-state index >= 15 is 0 Å². The highest BCUT2D eigenvalue weighted by atomic mass is 32.2. The fraction of sp³-hybridized carbons (Fsp3) is 0.500. The lowest BCUT2D eigenvalue weighted by Gasteiger charge is -2.17. The van der Waals surface area contributed by atoms with E-state index < -0.39 is 0 Å². The minimum Gasteiger partial charge on any atom is -0.315 e. The van der Waals surface area contributed by atoms with Gasteiger partial charge in [-0.3, -0.25) is 0 Å². The first-order valence-electron chi connectivity index (χ1n) is 5.33. The average molecular weight is 224 g/mol. The van der Waals surface area contributed by atoms with Crippen LogP contribution in [-0.2, 0) is 0 Å². The van der Waals surface area contributed by atoms with E-state index in [1.54, 1.807) is 11.8 Å². The highest BCUT2D eigenvalue weighted by molar-refractivity contribution is 7.98. The lowest BCUT2D eigenvalue weighted by Crippen LogP contribution is -2.29. The number of thioether (sulfide) groups is 1. The van der Waals surface area contributed by atoms with E-state index in [0.29, 0.717) is 6.04 Å². The van der Waals surface area contributed by atoms with Gasteiger partial charge in [-0.25, -0.2) is 0 Å². The SMILES string of the molecule is CCNCC(NC)c1ccc(SC)cc1. The third-order valence-electron chi connectivity index (χ3n) is 2.47. The van der Waals surface area contributed by atoms with Crippen LogP contribution in [0, 0.1) is 0 Å². The smallest absolute Gasteiger partial charge is 0.0444 e. The van der Waals surface area contributed by atoms with Crippen molar-refractivity contribution in [3.8, 4) is 0 Å². The van der Waals surface area contributed by atoms with Crippen molar-refractivity contribution in [1.82, 2.24) is 10.6 Å². The Morgan fingerprint density at radius 1 is 1.27 bits per heavy atom. The summed E-state index contributed by atoms with van der Waals surface area (Å²) in [6, 6.07) is 9.15. The summed E-state index contributed by atoms with van der Waals surface area (Å²) in [5.74, 6) is 0. The predicted octanol–water partition coefficient (Wildman–Crippen LogP) is 2.28. The van der Waals surface area contributed by atoms with Crippen molar-refractivity contribution in [3.63, 3.8) is 0 Å². The molecule has 0 aliphatic carbocycles. The van der Waals surface area contributed by atoms with Crippen LogP contribution < -0.4 is 10.6 Å². The predicted molar refractivity (Wildman–Crippen MR) is 68.6 cm³/mol. The molecule has 0 heterocycles. The number of hydrogen-bond donors (Lipinski definition) is 2. The second kappa shape index (κ2) is 6.88. The molecule has 0 radical (unpaired) electrons. The van der Waals surface area contributed by atoms with E-state index in [4.69, 9.17) is 0 Å². The Hall–Kier alpha value is -0.510. The molecular formula is C12H20N2S. The van der Waals surface area contributed by atoms with Crippen molar-refractivity contribution in [2.45, 2.75) is 17.9 Å². The Morgan fingerprint density at radius 3 is 2.40 bits per heavy atom. The van der Waals surface area contributed by atoms with Crippen LogP contribution in [0.2, 0.25) is 0 Å². The Bertz CT molecular complexity index is 271.